The van der Waals surface area contributed by atoms with Gasteiger partial charge in [-0.3, -0.25) is 0 Å². The lowest BCUT2D eigenvalue weighted by Gasteiger charge is -2.06. The summed E-state index contributed by atoms with van der Waals surface area (Å²) < 4.78 is 10.9. The number of rotatable bonds is 7. The lowest BCUT2D eigenvalue weighted by molar-refractivity contribution is 0.343. The van der Waals surface area contributed by atoms with Crippen LogP contribution < -0.4 is 10.5 Å². The number of hydrogen-bond donors (Lipinski definition) is 1. The molecule has 5 heteroatoms. The molecule has 102 valence electrons. The van der Waals surface area contributed by atoms with Crippen LogP contribution in [0.4, 0.5) is 0 Å². The largest absolute Gasteiger partial charge is 0.493 e. The highest BCUT2D eigenvalue weighted by atomic mass is 32.2. The van der Waals surface area contributed by atoms with Crippen LogP contribution in [0.25, 0.3) is 0 Å². The summed E-state index contributed by atoms with van der Waals surface area (Å²) >= 11 is 1.55. The van der Waals surface area contributed by atoms with Crippen molar-refractivity contribution in [2.45, 2.75) is 18.6 Å². The van der Waals surface area contributed by atoms with Gasteiger partial charge in [0.2, 0.25) is 0 Å². The number of ether oxygens (including phenoxy) is 1. The lowest BCUT2D eigenvalue weighted by atomic mass is 10.1. The van der Waals surface area contributed by atoms with Crippen LogP contribution in [0.3, 0.4) is 0 Å². The SMILES string of the molecule is Cc1coc(SCCOc2ccc(CCN)cc2)n1. The zero-order valence-electron chi connectivity index (χ0n) is 11.0. The predicted octanol–water partition coefficient (Wildman–Crippen LogP) is 2.66. The van der Waals surface area contributed by atoms with E-state index in [4.69, 9.17) is 14.9 Å². The van der Waals surface area contributed by atoms with Gasteiger partial charge in [0, 0.05) is 5.75 Å². The fourth-order valence-electron chi connectivity index (χ4n) is 1.61. The minimum atomic E-state index is 0.627. The van der Waals surface area contributed by atoms with Crippen molar-refractivity contribution < 1.29 is 9.15 Å². The highest BCUT2D eigenvalue weighted by Gasteiger charge is 2.01. The molecule has 19 heavy (non-hydrogen) atoms. The molecule has 0 saturated heterocycles. The second kappa shape index (κ2) is 7.21. The van der Waals surface area contributed by atoms with Crippen molar-refractivity contribution in [2.75, 3.05) is 18.9 Å². The van der Waals surface area contributed by atoms with E-state index < -0.39 is 0 Å². The van der Waals surface area contributed by atoms with E-state index >= 15 is 0 Å². The summed E-state index contributed by atoms with van der Waals surface area (Å²) in [7, 11) is 0. The van der Waals surface area contributed by atoms with Crippen LogP contribution in [-0.4, -0.2) is 23.9 Å². The smallest absolute Gasteiger partial charge is 0.255 e. The molecule has 2 rings (SSSR count). The Bertz CT molecular complexity index is 496. The van der Waals surface area contributed by atoms with Crippen molar-refractivity contribution in [3.05, 3.63) is 41.8 Å². The Kier molecular flexibility index (Phi) is 5.30. The third-order valence-corrected chi connectivity index (χ3v) is 3.34. The standard InChI is InChI=1S/C14H18N2O2S/c1-11-10-18-14(16-11)19-9-8-17-13-4-2-12(3-5-13)6-7-15/h2-5,10H,6-9,15H2,1H3. The molecule has 0 aliphatic heterocycles. The molecule has 0 radical (unpaired) electrons. The Morgan fingerprint density at radius 3 is 2.74 bits per heavy atom. The Hall–Kier alpha value is -1.46. The van der Waals surface area contributed by atoms with E-state index in [2.05, 4.69) is 4.98 Å². The van der Waals surface area contributed by atoms with Gasteiger partial charge in [0.05, 0.1) is 12.3 Å². The van der Waals surface area contributed by atoms with Gasteiger partial charge in [0.25, 0.3) is 5.22 Å². The van der Waals surface area contributed by atoms with E-state index in [9.17, 15) is 0 Å². The van der Waals surface area contributed by atoms with Gasteiger partial charge in [-0.2, -0.15) is 0 Å². The van der Waals surface area contributed by atoms with Crippen molar-refractivity contribution >= 4 is 11.8 Å². The first-order valence-electron chi connectivity index (χ1n) is 6.24. The molecule has 4 nitrogen and oxygen atoms in total. The number of thioether (sulfide) groups is 1. The maximum atomic E-state index is 5.65. The van der Waals surface area contributed by atoms with Crippen LogP contribution in [0.2, 0.25) is 0 Å². The van der Waals surface area contributed by atoms with Crippen molar-refractivity contribution in [2.24, 2.45) is 5.73 Å². The monoisotopic (exact) mass is 278 g/mol. The Balaban J connectivity index is 1.70. The summed E-state index contributed by atoms with van der Waals surface area (Å²) in [6, 6.07) is 8.05. The first kappa shape index (κ1) is 14.0. The number of hydrogen-bond acceptors (Lipinski definition) is 5. The van der Waals surface area contributed by atoms with Crippen molar-refractivity contribution in [1.29, 1.82) is 0 Å². The van der Waals surface area contributed by atoms with Gasteiger partial charge in [0.15, 0.2) is 0 Å². The van der Waals surface area contributed by atoms with Gasteiger partial charge in [-0.25, -0.2) is 4.98 Å². The highest BCUT2D eigenvalue weighted by Crippen LogP contribution is 2.17. The summed E-state index contributed by atoms with van der Waals surface area (Å²) in [5, 5.41) is 0.694. The first-order chi connectivity index (χ1) is 9.28. The van der Waals surface area contributed by atoms with E-state index in [1.165, 1.54) is 5.56 Å². The van der Waals surface area contributed by atoms with Crippen LogP contribution in [0.15, 0.2) is 40.2 Å². The van der Waals surface area contributed by atoms with E-state index in [0.717, 1.165) is 23.6 Å². The predicted molar refractivity (Wildman–Crippen MR) is 76.7 cm³/mol. The molecule has 2 N–H and O–H groups in total. The van der Waals surface area contributed by atoms with Gasteiger partial charge in [-0.1, -0.05) is 23.9 Å². The molecule has 1 aromatic heterocycles. The van der Waals surface area contributed by atoms with Crippen LogP contribution in [0.1, 0.15) is 11.3 Å². The number of nitrogens with two attached hydrogens (primary N) is 1. The molecule has 0 amide bonds. The summed E-state index contributed by atoms with van der Waals surface area (Å²) in [4.78, 5) is 4.22. The fourth-order valence-corrected chi connectivity index (χ4v) is 2.27. The Morgan fingerprint density at radius 2 is 2.11 bits per heavy atom. The van der Waals surface area contributed by atoms with Gasteiger partial charge >= 0.3 is 0 Å². The highest BCUT2D eigenvalue weighted by molar-refractivity contribution is 7.99. The zero-order chi connectivity index (χ0) is 13.5. The Labute approximate surface area is 117 Å². The normalized spacial score (nSPS) is 10.6. The van der Waals surface area contributed by atoms with Crippen LogP contribution in [0, 0.1) is 6.92 Å². The molecular weight excluding hydrogens is 260 g/mol. The minimum Gasteiger partial charge on any atom is -0.493 e. The second-order valence-electron chi connectivity index (χ2n) is 4.13. The number of aromatic nitrogens is 1. The average molecular weight is 278 g/mol. The van der Waals surface area contributed by atoms with Crippen molar-refractivity contribution in [1.82, 2.24) is 4.98 Å². The van der Waals surface area contributed by atoms with E-state index in [0.29, 0.717) is 18.4 Å². The second-order valence-corrected chi connectivity index (χ2v) is 5.18. The molecule has 0 atom stereocenters. The summed E-state index contributed by atoms with van der Waals surface area (Å²) in [6.45, 7) is 3.21. The molecule has 1 aromatic carbocycles. The number of benzene rings is 1. The van der Waals surface area contributed by atoms with Crippen molar-refractivity contribution in [3.63, 3.8) is 0 Å². The molecule has 0 saturated carbocycles. The average Bonchev–Trinajstić information content (AvgIpc) is 2.83. The molecule has 0 spiro atoms. The number of oxazole rings is 1. The van der Waals surface area contributed by atoms with Gasteiger partial charge in [0.1, 0.15) is 12.0 Å². The van der Waals surface area contributed by atoms with E-state index in [-0.39, 0.29) is 0 Å². The summed E-state index contributed by atoms with van der Waals surface area (Å²) in [6.07, 6.45) is 2.55. The molecule has 0 fully saturated rings. The zero-order valence-corrected chi connectivity index (χ0v) is 11.8. The lowest BCUT2D eigenvalue weighted by Crippen LogP contribution is -2.03. The van der Waals surface area contributed by atoms with E-state index in [1.54, 1.807) is 18.0 Å². The van der Waals surface area contributed by atoms with Crippen LogP contribution >= 0.6 is 11.8 Å². The Morgan fingerprint density at radius 1 is 1.32 bits per heavy atom. The fraction of sp³-hybridized carbons (Fsp3) is 0.357. The first-order valence-corrected chi connectivity index (χ1v) is 7.23. The molecule has 0 aliphatic rings. The third kappa shape index (κ3) is 4.61. The summed E-state index contributed by atoms with van der Waals surface area (Å²) in [5.41, 5.74) is 7.64. The van der Waals surface area contributed by atoms with Gasteiger partial charge in [-0.15, -0.1) is 0 Å². The topological polar surface area (TPSA) is 61.3 Å². The molecular formula is C14H18N2O2S. The summed E-state index contributed by atoms with van der Waals surface area (Å²) in [5.74, 6) is 1.69. The van der Waals surface area contributed by atoms with Crippen LogP contribution in [-0.2, 0) is 6.42 Å². The molecule has 2 aromatic rings. The van der Waals surface area contributed by atoms with Gasteiger partial charge in [-0.05, 0) is 37.6 Å². The molecule has 0 aliphatic carbocycles. The maximum absolute atomic E-state index is 5.65. The quantitative estimate of drug-likeness (QED) is 0.623. The molecule has 1 heterocycles. The third-order valence-electron chi connectivity index (χ3n) is 2.53. The maximum Gasteiger partial charge on any atom is 0.255 e. The molecule has 0 unspecified atom stereocenters. The van der Waals surface area contributed by atoms with E-state index in [1.807, 2.05) is 31.2 Å². The molecule has 0 bridgehead atoms. The number of aryl methyl sites for hydroxylation is 1. The number of nitrogens with zero attached hydrogens (tertiary/aromatic N) is 1. The minimum absolute atomic E-state index is 0.627. The van der Waals surface area contributed by atoms with Crippen LogP contribution in [0.5, 0.6) is 5.75 Å². The van der Waals surface area contributed by atoms with Crippen molar-refractivity contribution in [3.8, 4) is 5.75 Å². The van der Waals surface area contributed by atoms with Gasteiger partial charge < -0.3 is 14.9 Å².